The molecule has 8 nitrogen and oxygen atoms in total. The third-order valence-corrected chi connectivity index (χ3v) is 2.08. The molecule has 0 aliphatic heterocycles. The lowest BCUT2D eigenvalue weighted by Gasteiger charge is -2.10. The predicted octanol–water partition coefficient (Wildman–Crippen LogP) is 1.60. The maximum atomic E-state index is 11.1. The number of hydrogen-bond donors (Lipinski definition) is 1. The Kier molecular flexibility index (Phi) is 5.33. The molecular formula is C12H12O8. The highest BCUT2D eigenvalue weighted by molar-refractivity contribution is 5.72. The molecule has 0 amide bonds. The second-order valence-electron chi connectivity index (χ2n) is 3.46. The summed E-state index contributed by atoms with van der Waals surface area (Å²) >= 11 is 0. The highest BCUT2D eigenvalue weighted by Crippen LogP contribution is 2.29. The van der Waals surface area contributed by atoms with Gasteiger partial charge in [-0.1, -0.05) is 6.07 Å². The molecule has 0 atom stereocenters. The summed E-state index contributed by atoms with van der Waals surface area (Å²) in [5.41, 5.74) is 0.355. The smallest absolute Gasteiger partial charge is 0.481 e. The van der Waals surface area contributed by atoms with Gasteiger partial charge >= 0.3 is 18.3 Å². The molecule has 0 heterocycles. The minimum absolute atomic E-state index is 0.101. The SMILES string of the molecule is COC(=O)Oc1ccc(CC(=O)O)cc1OC(=O)OC. The topological polar surface area (TPSA) is 108 Å². The van der Waals surface area contributed by atoms with Crippen LogP contribution in [0.2, 0.25) is 0 Å². The summed E-state index contributed by atoms with van der Waals surface area (Å²) < 4.78 is 18.2. The van der Waals surface area contributed by atoms with Crippen molar-refractivity contribution in [1.82, 2.24) is 0 Å². The number of carboxylic acids is 1. The molecule has 1 aromatic rings. The summed E-state index contributed by atoms with van der Waals surface area (Å²) in [6, 6.07) is 3.95. The number of rotatable bonds is 4. The first-order chi connectivity index (χ1) is 9.46. The second-order valence-corrected chi connectivity index (χ2v) is 3.46. The zero-order valence-electron chi connectivity index (χ0n) is 10.7. The van der Waals surface area contributed by atoms with Crippen molar-refractivity contribution in [2.24, 2.45) is 0 Å². The van der Waals surface area contributed by atoms with E-state index in [0.717, 1.165) is 14.2 Å². The number of carbonyl (C=O) groups is 3. The summed E-state index contributed by atoms with van der Waals surface area (Å²) in [7, 11) is 2.21. The average molecular weight is 284 g/mol. The molecule has 0 aliphatic rings. The molecule has 0 aromatic heterocycles. The summed E-state index contributed by atoms with van der Waals surface area (Å²) in [4.78, 5) is 32.8. The van der Waals surface area contributed by atoms with Crippen molar-refractivity contribution in [1.29, 1.82) is 0 Å². The van der Waals surface area contributed by atoms with Gasteiger partial charge in [0.05, 0.1) is 20.6 Å². The molecule has 8 heteroatoms. The van der Waals surface area contributed by atoms with Gasteiger partial charge in [0.25, 0.3) is 0 Å². The molecule has 1 N–H and O–H groups in total. The maximum absolute atomic E-state index is 11.1. The minimum atomic E-state index is -1.06. The Labute approximate surface area is 113 Å². The van der Waals surface area contributed by atoms with Gasteiger partial charge in [-0.3, -0.25) is 4.79 Å². The number of carbonyl (C=O) groups excluding carboxylic acids is 2. The molecule has 0 saturated carbocycles. The van der Waals surface area contributed by atoms with E-state index < -0.39 is 18.3 Å². The van der Waals surface area contributed by atoms with E-state index in [1.165, 1.54) is 18.2 Å². The molecule has 0 radical (unpaired) electrons. The van der Waals surface area contributed by atoms with Gasteiger partial charge in [-0.05, 0) is 17.7 Å². The number of aliphatic carboxylic acids is 1. The van der Waals surface area contributed by atoms with E-state index in [2.05, 4.69) is 9.47 Å². The number of methoxy groups -OCH3 is 2. The number of hydrogen-bond acceptors (Lipinski definition) is 7. The van der Waals surface area contributed by atoms with Gasteiger partial charge in [-0.2, -0.15) is 0 Å². The molecule has 0 unspecified atom stereocenters. The molecular weight excluding hydrogens is 272 g/mol. The van der Waals surface area contributed by atoms with Crippen LogP contribution in [0.25, 0.3) is 0 Å². The summed E-state index contributed by atoms with van der Waals surface area (Å²) in [5.74, 6) is -1.31. The molecule has 0 fully saturated rings. The third kappa shape index (κ3) is 4.48. The van der Waals surface area contributed by atoms with Gasteiger partial charge in [0.15, 0.2) is 11.5 Å². The van der Waals surface area contributed by atoms with Crippen molar-refractivity contribution >= 4 is 18.3 Å². The molecule has 1 aromatic carbocycles. The Morgan fingerprint density at radius 1 is 1.00 bits per heavy atom. The zero-order chi connectivity index (χ0) is 15.1. The van der Waals surface area contributed by atoms with Crippen LogP contribution in [0.1, 0.15) is 5.56 Å². The standard InChI is InChI=1S/C12H12O8/c1-17-11(15)19-8-4-3-7(6-10(13)14)5-9(8)20-12(16)18-2/h3-5H,6H2,1-2H3,(H,13,14). The van der Waals surface area contributed by atoms with Crippen LogP contribution in [0.5, 0.6) is 11.5 Å². The molecule has 0 saturated heterocycles. The van der Waals surface area contributed by atoms with Crippen LogP contribution in [-0.4, -0.2) is 37.6 Å². The van der Waals surface area contributed by atoms with Crippen LogP contribution < -0.4 is 9.47 Å². The van der Waals surface area contributed by atoms with E-state index in [-0.39, 0.29) is 17.9 Å². The van der Waals surface area contributed by atoms with E-state index in [9.17, 15) is 14.4 Å². The van der Waals surface area contributed by atoms with Gasteiger partial charge in [0.1, 0.15) is 0 Å². The van der Waals surface area contributed by atoms with Crippen molar-refractivity contribution in [3.05, 3.63) is 23.8 Å². The van der Waals surface area contributed by atoms with Crippen molar-refractivity contribution in [2.45, 2.75) is 6.42 Å². The predicted molar refractivity (Wildman–Crippen MR) is 63.8 cm³/mol. The van der Waals surface area contributed by atoms with Crippen molar-refractivity contribution < 1.29 is 38.4 Å². The van der Waals surface area contributed by atoms with Gasteiger partial charge in [-0.15, -0.1) is 0 Å². The van der Waals surface area contributed by atoms with Crippen LogP contribution in [-0.2, 0) is 20.7 Å². The first-order valence-electron chi connectivity index (χ1n) is 5.32. The normalized spacial score (nSPS) is 9.50. The molecule has 0 aliphatic carbocycles. The van der Waals surface area contributed by atoms with Crippen LogP contribution in [0, 0.1) is 0 Å². The highest BCUT2D eigenvalue weighted by atomic mass is 16.7. The van der Waals surface area contributed by atoms with Crippen molar-refractivity contribution in [3.8, 4) is 11.5 Å². The monoisotopic (exact) mass is 284 g/mol. The Balaban J connectivity index is 3.05. The van der Waals surface area contributed by atoms with E-state index in [1.54, 1.807) is 0 Å². The Morgan fingerprint density at radius 2 is 1.55 bits per heavy atom. The summed E-state index contributed by atoms with van der Waals surface area (Å²) in [6.07, 6.45) is -2.33. The molecule has 20 heavy (non-hydrogen) atoms. The number of benzene rings is 1. The van der Waals surface area contributed by atoms with E-state index in [0.29, 0.717) is 5.56 Å². The van der Waals surface area contributed by atoms with Crippen LogP contribution in [0.3, 0.4) is 0 Å². The number of ether oxygens (including phenoxy) is 4. The number of carboxylic acid groups (broad SMARTS) is 1. The summed E-state index contributed by atoms with van der Waals surface area (Å²) in [5, 5.41) is 8.70. The Hall–Kier alpha value is -2.77. The lowest BCUT2D eigenvalue weighted by molar-refractivity contribution is -0.136. The van der Waals surface area contributed by atoms with E-state index in [1.807, 2.05) is 0 Å². The first-order valence-corrected chi connectivity index (χ1v) is 5.32. The Morgan fingerprint density at radius 3 is 2.05 bits per heavy atom. The van der Waals surface area contributed by atoms with Crippen LogP contribution in [0.4, 0.5) is 9.59 Å². The fourth-order valence-electron chi connectivity index (χ4n) is 1.26. The zero-order valence-corrected chi connectivity index (χ0v) is 10.7. The molecule has 1 rings (SSSR count). The van der Waals surface area contributed by atoms with Crippen LogP contribution in [0.15, 0.2) is 18.2 Å². The maximum Gasteiger partial charge on any atom is 0.513 e. The van der Waals surface area contributed by atoms with Gasteiger partial charge in [0.2, 0.25) is 0 Å². The quantitative estimate of drug-likeness (QED) is 0.656. The summed E-state index contributed by atoms with van der Waals surface area (Å²) in [6.45, 7) is 0. The van der Waals surface area contributed by atoms with Crippen molar-refractivity contribution in [3.63, 3.8) is 0 Å². The highest BCUT2D eigenvalue weighted by Gasteiger charge is 2.16. The first kappa shape index (κ1) is 15.3. The van der Waals surface area contributed by atoms with Crippen LogP contribution >= 0.6 is 0 Å². The fourth-order valence-corrected chi connectivity index (χ4v) is 1.26. The van der Waals surface area contributed by atoms with E-state index >= 15 is 0 Å². The molecule has 108 valence electrons. The Bertz CT molecular complexity index is 522. The van der Waals surface area contributed by atoms with E-state index in [4.69, 9.17) is 14.6 Å². The fraction of sp³-hybridized carbons (Fsp3) is 0.250. The van der Waals surface area contributed by atoms with Gasteiger partial charge in [0, 0.05) is 0 Å². The lowest BCUT2D eigenvalue weighted by Crippen LogP contribution is -2.12. The van der Waals surface area contributed by atoms with Gasteiger partial charge < -0.3 is 24.1 Å². The third-order valence-electron chi connectivity index (χ3n) is 2.08. The van der Waals surface area contributed by atoms with Gasteiger partial charge in [-0.25, -0.2) is 9.59 Å². The molecule has 0 bridgehead atoms. The second kappa shape index (κ2) is 6.98. The lowest BCUT2D eigenvalue weighted by atomic mass is 10.1. The average Bonchev–Trinajstić information content (AvgIpc) is 2.40. The minimum Gasteiger partial charge on any atom is -0.481 e. The molecule has 0 spiro atoms. The van der Waals surface area contributed by atoms with Crippen molar-refractivity contribution in [2.75, 3.05) is 14.2 Å². The largest absolute Gasteiger partial charge is 0.513 e.